The van der Waals surface area contributed by atoms with Crippen LogP contribution in [0.5, 0.6) is 11.5 Å². The largest absolute Gasteiger partial charge is 0.457 e. The summed E-state index contributed by atoms with van der Waals surface area (Å²) in [6, 6.07) is 10.6. The van der Waals surface area contributed by atoms with Gasteiger partial charge < -0.3 is 16.2 Å². The number of pyridine rings is 1. The van der Waals surface area contributed by atoms with Crippen molar-refractivity contribution in [1.82, 2.24) is 4.98 Å². The van der Waals surface area contributed by atoms with E-state index in [0.717, 1.165) is 5.75 Å². The van der Waals surface area contributed by atoms with E-state index < -0.39 is 0 Å². The monoisotopic (exact) mass is 201 g/mol. The van der Waals surface area contributed by atoms with Crippen LogP contribution in [0, 0.1) is 0 Å². The van der Waals surface area contributed by atoms with Gasteiger partial charge in [-0.25, -0.2) is 4.98 Å². The van der Waals surface area contributed by atoms with Crippen molar-refractivity contribution >= 4 is 11.5 Å². The van der Waals surface area contributed by atoms with E-state index in [2.05, 4.69) is 4.98 Å². The summed E-state index contributed by atoms with van der Waals surface area (Å²) in [5.74, 6) is 1.81. The first kappa shape index (κ1) is 9.33. The van der Waals surface area contributed by atoms with Crippen molar-refractivity contribution in [2.75, 3.05) is 11.5 Å². The zero-order chi connectivity index (χ0) is 10.7. The zero-order valence-electron chi connectivity index (χ0n) is 8.05. The Hall–Kier alpha value is -2.23. The molecule has 1 aromatic heterocycles. The van der Waals surface area contributed by atoms with Crippen molar-refractivity contribution in [2.45, 2.75) is 0 Å². The summed E-state index contributed by atoms with van der Waals surface area (Å²) >= 11 is 0. The number of nitrogen functional groups attached to an aromatic ring is 2. The molecule has 2 rings (SSSR count). The third kappa shape index (κ3) is 2.37. The lowest BCUT2D eigenvalue weighted by Gasteiger charge is -2.05. The maximum atomic E-state index is 5.56. The predicted octanol–water partition coefficient (Wildman–Crippen LogP) is 2.04. The molecule has 0 unspecified atom stereocenters. The van der Waals surface area contributed by atoms with Gasteiger partial charge >= 0.3 is 0 Å². The summed E-state index contributed by atoms with van der Waals surface area (Å²) in [5, 5.41) is 0. The van der Waals surface area contributed by atoms with Crippen molar-refractivity contribution in [3.05, 3.63) is 42.6 Å². The van der Waals surface area contributed by atoms with Crippen LogP contribution in [-0.2, 0) is 0 Å². The molecule has 0 amide bonds. The summed E-state index contributed by atoms with van der Waals surface area (Å²) in [6.45, 7) is 0. The summed E-state index contributed by atoms with van der Waals surface area (Å²) in [4.78, 5) is 3.87. The van der Waals surface area contributed by atoms with E-state index in [1.165, 1.54) is 0 Å². The summed E-state index contributed by atoms with van der Waals surface area (Å²) in [7, 11) is 0. The lowest BCUT2D eigenvalue weighted by Crippen LogP contribution is -1.91. The SMILES string of the molecule is Nc1ccc(Oc2ccnc(N)c2)cc1. The van der Waals surface area contributed by atoms with Gasteiger partial charge in [0.05, 0.1) is 0 Å². The molecule has 2 aromatic rings. The van der Waals surface area contributed by atoms with Crippen molar-refractivity contribution in [1.29, 1.82) is 0 Å². The molecule has 0 radical (unpaired) electrons. The highest BCUT2D eigenvalue weighted by Gasteiger charge is 1.97. The first-order chi connectivity index (χ1) is 7.24. The Balaban J connectivity index is 2.18. The number of nitrogens with two attached hydrogens (primary N) is 2. The van der Waals surface area contributed by atoms with Crippen molar-refractivity contribution in [3.8, 4) is 11.5 Å². The Morgan fingerprint density at radius 1 is 0.933 bits per heavy atom. The number of aromatic nitrogens is 1. The molecule has 15 heavy (non-hydrogen) atoms. The fourth-order valence-corrected chi connectivity index (χ4v) is 1.16. The Bertz CT molecular complexity index is 454. The molecule has 4 heteroatoms. The van der Waals surface area contributed by atoms with Gasteiger partial charge in [0, 0.05) is 18.0 Å². The van der Waals surface area contributed by atoms with Gasteiger partial charge in [-0.1, -0.05) is 0 Å². The Morgan fingerprint density at radius 3 is 2.33 bits per heavy atom. The summed E-state index contributed by atoms with van der Waals surface area (Å²) in [5.41, 5.74) is 11.8. The molecule has 0 saturated carbocycles. The smallest absolute Gasteiger partial charge is 0.132 e. The van der Waals surface area contributed by atoms with Crippen LogP contribution in [0.25, 0.3) is 0 Å². The molecule has 0 aliphatic heterocycles. The van der Waals surface area contributed by atoms with Gasteiger partial charge in [-0.2, -0.15) is 0 Å². The normalized spacial score (nSPS) is 9.87. The average molecular weight is 201 g/mol. The van der Waals surface area contributed by atoms with Crippen LogP contribution >= 0.6 is 0 Å². The molecule has 4 N–H and O–H groups in total. The van der Waals surface area contributed by atoms with E-state index in [4.69, 9.17) is 16.2 Å². The van der Waals surface area contributed by atoms with Gasteiger partial charge in [0.2, 0.25) is 0 Å². The van der Waals surface area contributed by atoms with Crippen LogP contribution in [0.1, 0.15) is 0 Å². The number of benzene rings is 1. The Kier molecular flexibility index (Phi) is 2.41. The number of rotatable bonds is 2. The highest BCUT2D eigenvalue weighted by Crippen LogP contribution is 2.22. The lowest BCUT2D eigenvalue weighted by molar-refractivity contribution is 0.482. The molecule has 0 spiro atoms. The molecule has 0 aliphatic carbocycles. The zero-order valence-corrected chi connectivity index (χ0v) is 8.05. The standard InChI is InChI=1S/C11H11N3O/c12-8-1-3-9(4-2-8)15-10-5-6-14-11(13)7-10/h1-7H,12H2,(H2,13,14). The van der Waals surface area contributed by atoms with Crippen LogP contribution in [-0.4, -0.2) is 4.98 Å². The quantitative estimate of drug-likeness (QED) is 0.729. The topological polar surface area (TPSA) is 74.2 Å². The third-order valence-corrected chi connectivity index (χ3v) is 1.87. The average Bonchev–Trinajstić information content (AvgIpc) is 2.22. The maximum absolute atomic E-state index is 5.56. The van der Waals surface area contributed by atoms with Crippen LogP contribution < -0.4 is 16.2 Å². The van der Waals surface area contributed by atoms with E-state index >= 15 is 0 Å². The van der Waals surface area contributed by atoms with Crippen LogP contribution in [0.15, 0.2) is 42.6 Å². The molecule has 0 aliphatic rings. The fourth-order valence-electron chi connectivity index (χ4n) is 1.16. The molecule has 1 heterocycles. The number of hydrogen-bond donors (Lipinski definition) is 2. The summed E-state index contributed by atoms with van der Waals surface area (Å²) in [6.07, 6.45) is 1.60. The van der Waals surface area contributed by atoms with Gasteiger partial charge in [0.25, 0.3) is 0 Å². The molecule has 76 valence electrons. The predicted molar refractivity (Wildman–Crippen MR) is 59.6 cm³/mol. The second-order valence-electron chi connectivity index (χ2n) is 3.09. The second-order valence-corrected chi connectivity index (χ2v) is 3.09. The van der Waals surface area contributed by atoms with Gasteiger partial charge in [-0.05, 0) is 30.3 Å². The van der Waals surface area contributed by atoms with Crippen molar-refractivity contribution in [2.24, 2.45) is 0 Å². The van der Waals surface area contributed by atoms with Gasteiger partial charge in [0.15, 0.2) is 0 Å². The first-order valence-corrected chi connectivity index (χ1v) is 4.49. The van der Waals surface area contributed by atoms with Crippen LogP contribution in [0.3, 0.4) is 0 Å². The van der Waals surface area contributed by atoms with Crippen LogP contribution in [0.2, 0.25) is 0 Å². The first-order valence-electron chi connectivity index (χ1n) is 4.49. The van der Waals surface area contributed by atoms with Gasteiger partial charge in [0.1, 0.15) is 17.3 Å². The van der Waals surface area contributed by atoms with E-state index in [9.17, 15) is 0 Å². The van der Waals surface area contributed by atoms with Gasteiger partial charge in [-0.15, -0.1) is 0 Å². The minimum atomic E-state index is 0.433. The Morgan fingerprint density at radius 2 is 1.67 bits per heavy atom. The number of nitrogens with zero attached hydrogens (tertiary/aromatic N) is 1. The third-order valence-electron chi connectivity index (χ3n) is 1.87. The second kappa shape index (κ2) is 3.88. The molecular formula is C11H11N3O. The van der Waals surface area contributed by atoms with Crippen molar-refractivity contribution in [3.63, 3.8) is 0 Å². The van der Waals surface area contributed by atoms with Crippen molar-refractivity contribution < 1.29 is 4.74 Å². The number of ether oxygens (including phenoxy) is 1. The number of anilines is 2. The van der Waals surface area contributed by atoms with E-state index in [-0.39, 0.29) is 0 Å². The molecule has 1 aromatic carbocycles. The number of hydrogen-bond acceptors (Lipinski definition) is 4. The Labute approximate surface area is 87.5 Å². The van der Waals surface area contributed by atoms with E-state index in [0.29, 0.717) is 17.3 Å². The summed E-state index contributed by atoms with van der Waals surface area (Å²) < 4.78 is 5.54. The highest BCUT2D eigenvalue weighted by molar-refractivity contribution is 5.44. The molecule has 0 fully saturated rings. The minimum absolute atomic E-state index is 0.433. The minimum Gasteiger partial charge on any atom is -0.457 e. The highest BCUT2D eigenvalue weighted by atomic mass is 16.5. The lowest BCUT2D eigenvalue weighted by atomic mass is 10.3. The molecule has 0 saturated heterocycles. The fraction of sp³-hybridized carbons (Fsp3) is 0. The maximum Gasteiger partial charge on any atom is 0.132 e. The van der Waals surface area contributed by atoms with Crippen LogP contribution in [0.4, 0.5) is 11.5 Å². The molecule has 0 bridgehead atoms. The van der Waals surface area contributed by atoms with Gasteiger partial charge in [-0.3, -0.25) is 0 Å². The molecule has 0 atom stereocenters. The molecular weight excluding hydrogens is 190 g/mol. The molecule has 4 nitrogen and oxygen atoms in total. The van der Waals surface area contributed by atoms with E-state index in [1.807, 2.05) is 0 Å². The van der Waals surface area contributed by atoms with E-state index in [1.54, 1.807) is 42.6 Å².